The number of benzene rings is 1. The van der Waals surface area contributed by atoms with E-state index in [-0.39, 0.29) is 30.7 Å². The zero-order valence-corrected chi connectivity index (χ0v) is 10.8. The van der Waals surface area contributed by atoms with E-state index in [1.165, 1.54) is 11.8 Å². The van der Waals surface area contributed by atoms with Crippen molar-refractivity contribution in [3.05, 3.63) is 35.9 Å². The first-order chi connectivity index (χ1) is 9.08. The molecule has 1 fully saturated rings. The molecule has 1 heterocycles. The van der Waals surface area contributed by atoms with Gasteiger partial charge in [-0.05, 0) is 5.56 Å². The lowest BCUT2D eigenvalue weighted by Gasteiger charge is -2.15. The van der Waals surface area contributed by atoms with Crippen LogP contribution in [0.15, 0.2) is 30.3 Å². The Labute approximate surface area is 111 Å². The fourth-order valence-corrected chi connectivity index (χ4v) is 2.11. The molecule has 0 aliphatic carbocycles. The molecule has 0 saturated carbocycles. The summed E-state index contributed by atoms with van der Waals surface area (Å²) in [6.45, 7) is 1.92. The Morgan fingerprint density at radius 2 is 2.00 bits per heavy atom. The van der Waals surface area contributed by atoms with Gasteiger partial charge in [-0.3, -0.25) is 19.3 Å². The Kier molecular flexibility index (Phi) is 3.94. The number of carbonyl (C=O) groups is 3. The summed E-state index contributed by atoms with van der Waals surface area (Å²) in [7, 11) is 0. The van der Waals surface area contributed by atoms with Crippen LogP contribution in [0, 0.1) is 5.92 Å². The number of imide groups is 1. The molecule has 100 valence electrons. The molecule has 0 spiro atoms. The van der Waals surface area contributed by atoms with Gasteiger partial charge in [-0.25, -0.2) is 0 Å². The molecule has 1 atom stereocenters. The van der Waals surface area contributed by atoms with E-state index in [4.69, 9.17) is 0 Å². The summed E-state index contributed by atoms with van der Waals surface area (Å²) < 4.78 is 0. The Morgan fingerprint density at radius 3 is 2.63 bits per heavy atom. The topological polar surface area (TPSA) is 66.5 Å². The first kappa shape index (κ1) is 13.3. The number of hydrogen-bond donors (Lipinski definition) is 1. The van der Waals surface area contributed by atoms with Crippen molar-refractivity contribution in [3.8, 4) is 0 Å². The molecule has 1 N–H and O–H groups in total. The predicted molar refractivity (Wildman–Crippen MR) is 68.8 cm³/mol. The zero-order chi connectivity index (χ0) is 13.8. The van der Waals surface area contributed by atoms with Crippen molar-refractivity contribution in [1.82, 2.24) is 10.2 Å². The maximum absolute atomic E-state index is 12.1. The summed E-state index contributed by atoms with van der Waals surface area (Å²) >= 11 is 0. The predicted octanol–water partition coefficient (Wildman–Crippen LogP) is 0.698. The van der Waals surface area contributed by atoms with Crippen molar-refractivity contribution in [1.29, 1.82) is 0 Å². The molecule has 5 nitrogen and oxygen atoms in total. The number of nitrogens with zero attached hydrogens (tertiary/aromatic N) is 1. The molecule has 1 saturated heterocycles. The number of rotatable bonds is 4. The number of likely N-dealkylation sites (tertiary alicyclic amines) is 1. The minimum Gasteiger partial charge on any atom is -0.356 e. The molecule has 5 heteroatoms. The van der Waals surface area contributed by atoms with Gasteiger partial charge in [0.05, 0.1) is 12.5 Å². The Balaban J connectivity index is 2.00. The Hall–Kier alpha value is -2.17. The van der Waals surface area contributed by atoms with Gasteiger partial charge < -0.3 is 5.32 Å². The highest BCUT2D eigenvalue weighted by atomic mass is 16.2. The quantitative estimate of drug-likeness (QED) is 0.810. The lowest BCUT2D eigenvalue weighted by molar-refractivity contribution is -0.140. The van der Waals surface area contributed by atoms with Gasteiger partial charge in [0.25, 0.3) is 0 Å². The van der Waals surface area contributed by atoms with Crippen LogP contribution >= 0.6 is 0 Å². The van der Waals surface area contributed by atoms with E-state index >= 15 is 0 Å². The average molecular weight is 260 g/mol. The van der Waals surface area contributed by atoms with Gasteiger partial charge >= 0.3 is 0 Å². The highest BCUT2D eigenvalue weighted by molar-refractivity contribution is 6.03. The van der Waals surface area contributed by atoms with Crippen LogP contribution in [0.4, 0.5) is 0 Å². The molecule has 1 aromatic rings. The Bertz CT molecular complexity index is 499. The molecule has 0 unspecified atom stereocenters. The van der Waals surface area contributed by atoms with Gasteiger partial charge in [-0.1, -0.05) is 30.3 Å². The van der Waals surface area contributed by atoms with Crippen LogP contribution in [-0.4, -0.2) is 29.2 Å². The summed E-state index contributed by atoms with van der Waals surface area (Å²) in [5.74, 6) is -1.01. The van der Waals surface area contributed by atoms with E-state index in [1.807, 2.05) is 30.3 Å². The normalized spacial score (nSPS) is 18.8. The summed E-state index contributed by atoms with van der Waals surface area (Å²) in [6, 6.07) is 9.38. The van der Waals surface area contributed by atoms with Crippen molar-refractivity contribution in [2.24, 2.45) is 5.92 Å². The third-order valence-corrected chi connectivity index (χ3v) is 3.12. The van der Waals surface area contributed by atoms with Crippen molar-refractivity contribution >= 4 is 17.7 Å². The van der Waals surface area contributed by atoms with Crippen LogP contribution in [0.5, 0.6) is 0 Å². The molecule has 2 rings (SSSR count). The van der Waals surface area contributed by atoms with Crippen molar-refractivity contribution in [2.45, 2.75) is 19.9 Å². The number of carbonyl (C=O) groups excluding carboxylic acids is 3. The molecule has 19 heavy (non-hydrogen) atoms. The average Bonchev–Trinajstić information content (AvgIpc) is 2.65. The van der Waals surface area contributed by atoms with Crippen molar-refractivity contribution < 1.29 is 14.4 Å². The number of amides is 3. The van der Waals surface area contributed by atoms with Crippen LogP contribution in [0.3, 0.4) is 0 Å². The SMILES string of the molecule is CC(=O)NC[C@@H]1CC(=O)N(Cc2ccccc2)C1=O. The second-order valence-electron chi connectivity index (χ2n) is 4.64. The van der Waals surface area contributed by atoms with E-state index in [0.29, 0.717) is 6.54 Å². The molecule has 0 aromatic heterocycles. The first-order valence-electron chi connectivity index (χ1n) is 6.20. The molecule has 0 radical (unpaired) electrons. The highest BCUT2D eigenvalue weighted by Gasteiger charge is 2.38. The third kappa shape index (κ3) is 3.19. The maximum Gasteiger partial charge on any atom is 0.234 e. The smallest absolute Gasteiger partial charge is 0.234 e. The molecule has 1 aromatic carbocycles. The summed E-state index contributed by atoms with van der Waals surface area (Å²) in [4.78, 5) is 36.0. The minimum atomic E-state index is -0.430. The molecular weight excluding hydrogens is 244 g/mol. The number of hydrogen-bond acceptors (Lipinski definition) is 3. The van der Waals surface area contributed by atoms with Crippen molar-refractivity contribution in [2.75, 3.05) is 6.54 Å². The van der Waals surface area contributed by atoms with Gasteiger partial charge in [-0.2, -0.15) is 0 Å². The van der Waals surface area contributed by atoms with Crippen molar-refractivity contribution in [3.63, 3.8) is 0 Å². The zero-order valence-electron chi connectivity index (χ0n) is 10.8. The van der Waals surface area contributed by atoms with Crippen LogP contribution in [0.1, 0.15) is 18.9 Å². The monoisotopic (exact) mass is 260 g/mol. The summed E-state index contributed by atoms with van der Waals surface area (Å²) in [6.07, 6.45) is 0.173. The summed E-state index contributed by atoms with van der Waals surface area (Å²) in [5.41, 5.74) is 0.921. The standard InChI is InChI=1S/C14H16N2O3/c1-10(17)15-8-12-7-13(18)16(14(12)19)9-11-5-3-2-4-6-11/h2-6,12H,7-9H2,1H3,(H,15,17)/t12-/m0/s1. The largest absolute Gasteiger partial charge is 0.356 e. The van der Waals surface area contributed by atoms with E-state index in [2.05, 4.69) is 5.32 Å². The van der Waals surface area contributed by atoms with Gasteiger partial charge in [0.2, 0.25) is 17.7 Å². The fourth-order valence-electron chi connectivity index (χ4n) is 2.11. The molecule has 1 aliphatic rings. The van der Waals surface area contributed by atoms with E-state index < -0.39 is 5.92 Å². The lowest BCUT2D eigenvalue weighted by atomic mass is 10.1. The molecular formula is C14H16N2O3. The van der Waals surface area contributed by atoms with Gasteiger partial charge in [-0.15, -0.1) is 0 Å². The number of nitrogens with one attached hydrogen (secondary N) is 1. The second-order valence-corrected chi connectivity index (χ2v) is 4.64. The molecule has 0 bridgehead atoms. The molecule has 3 amide bonds. The summed E-state index contributed by atoms with van der Waals surface area (Å²) in [5, 5.41) is 2.58. The van der Waals surface area contributed by atoms with Gasteiger partial charge in [0.1, 0.15) is 0 Å². The third-order valence-electron chi connectivity index (χ3n) is 3.12. The Morgan fingerprint density at radius 1 is 1.32 bits per heavy atom. The highest BCUT2D eigenvalue weighted by Crippen LogP contribution is 2.21. The molecule has 1 aliphatic heterocycles. The van der Waals surface area contributed by atoms with Crippen LogP contribution in [0.2, 0.25) is 0 Å². The van der Waals surface area contributed by atoms with Crippen LogP contribution < -0.4 is 5.32 Å². The fraction of sp³-hybridized carbons (Fsp3) is 0.357. The van der Waals surface area contributed by atoms with Crippen LogP contribution in [-0.2, 0) is 20.9 Å². The van der Waals surface area contributed by atoms with E-state index in [1.54, 1.807) is 0 Å². The van der Waals surface area contributed by atoms with Gasteiger partial charge in [0, 0.05) is 19.9 Å². The van der Waals surface area contributed by atoms with Crippen LogP contribution in [0.25, 0.3) is 0 Å². The van der Waals surface area contributed by atoms with E-state index in [9.17, 15) is 14.4 Å². The first-order valence-corrected chi connectivity index (χ1v) is 6.20. The second kappa shape index (κ2) is 5.65. The lowest BCUT2D eigenvalue weighted by Crippen LogP contribution is -2.34. The minimum absolute atomic E-state index is 0.173. The van der Waals surface area contributed by atoms with E-state index in [0.717, 1.165) is 5.56 Å². The maximum atomic E-state index is 12.1. The van der Waals surface area contributed by atoms with Gasteiger partial charge in [0.15, 0.2) is 0 Å².